The molecule has 0 bridgehead atoms. The number of nitrogens with zero attached hydrogens (tertiary/aromatic N) is 1. The monoisotopic (exact) mass is 418 g/mol. The van der Waals surface area contributed by atoms with Crippen LogP contribution in [0.4, 0.5) is 0 Å². The zero-order valence-corrected chi connectivity index (χ0v) is 18.4. The van der Waals surface area contributed by atoms with Crippen molar-refractivity contribution in [3.05, 3.63) is 58.1 Å². The number of methoxy groups -OCH3 is 2. The van der Waals surface area contributed by atoms with E-state index >= 15 is 0 Å². The van der Waals surface area contributed by atoms with Crippen molar-refractivity contribution >= 4 is 23.4 Å². The predicted octanol–water partition coefficient (Wildman–Crippen LogP) is 4.51. The maximum Gasteiger partial charge on any atom is 0.276 e. The van der Waals surface area contributed by atoms with E-state index in [2.05, 4.69) is 5.43 Å². The molecule has 0 atom stereocenters. The first-order valence-electron chi connectivity index (χ1n) is 9.29. The van der Waals surface area contributed by atoms with Gasteiger partial charge in [-0.05, 0) is 57.5 Å². The van der Waals surface area contributed by atoms with Gasteiger partial charge in [-0.25, -0.2) is 5.01 Å². The van der Waals surface area contributed by atoms with Gasteiger partial charge in [0.1, 0.15) is 11.5 Å². The molecule has 0 aliphatic carbocycles. The minimum Gasteiger partial charge on any atom is -0.496 e. The molecule has 0 aliphatic rings. The van der Waals surface area contributed by atoms with Gasteiger partial charge in [0.2, 0.25) is 0 Å². The molecule has 2 aromatic carbocycles. The summed E-state index contributed by atoms with van der Waals surface area (Å²) in [5.74, 6) is 0.181. The number of ether oxygens (including phenoxy) is 2. The molecule has 0 radical (unpaired) electrons. The SMILES string of the molecule is CCc1c(OC)cccc1C(=O)NN(C(=O)c1cc(Cl)ccc1OC)C(C)(C)C. The first-order valence-corrected chi connectivity index (χ1v) is 9.66. The van der Waals surface area contributed by atoms with Gasteiger partial charge in [-0.2, -0.15) is 0 Å². The third-order valence-electron chi connectivity index (χ3n) is 4.43. The van der Waals surface area contributed by atoms with Crippen molar-refractivity contribution in [3.63, 3.8) is 0 Å². The van der Waals surface area contributed by atoms with Crippen molar-refractivity contribution in [2.45, 2.75) is 39.7 Å². The van der Waals surface area contributed by atoms with Crippen molar-refractivity contribution in [1.29, 1.82) is 0 Å². The summed E-state index contributed by atoms with van der Waals surface area (Å²) in [7, 11) is 3.04. The number of hydrogen-bond donors (Lipinski definition) is 1. The molecule has 0 spiro atoms. The summed E-state index contributed by atoms with van der Waals surface area (Å²) in [6.45, 7) is 7.43. The van der Waals surface area contributed by atoms with Crippen LogP contribution in [0.2, 0.25) is 5.02 Å². The Bertz CT molecular complexity index is 906. The van der Waals surface area contributed by atoms with Gasteiger partial charge >= 0.3 is 0 Å². The molecule has 1 N–H and O–H groups in total. The molecule has 0 saturated carbocycles. The molecule has 2 rings (SSSR count). The lowest BCUT2D eigenvalue weighted by molar-refractivity contribution is 0.0355. The van der Waals surface area contributed by atoms with Crippen molar-refractivity contribution in [2.75, 3.05) is 14.2 Å². The van der Waals surface area contributed by atoms with Crippen LogP contribution in [0.5, 0.6) is 11.5 Å². The van der Waals surface area contributed by atoms with E-state index in [-0.39, 0.29) is 5.56 Å². The van der Waals surface area contributed by atoms with Crippen LogP contribution in [0.25, 0.3) is 0 Å². The number of halogens is 1. The molecule has 0 fully saturated rings. The number of benzene rings is 2. The average molecular weight is 419 g/mol. The predicted molar refractivity (Wildman–Crippen MR) is 114 cm³/mol. The molecule has 156 valence electrons. The van der Waals surface area contributed by atoms with E-state index < -0.39 is 17.4 Å². The van der Waals surface area contributed by atoms with E-state index in [0.717, 1.165) is 5.56 Å². The molecule has 0 unspecified atom stereocenters. The smallest absolute Gasteiger partial charge is 0.276 e. The van der Waals surface area contributed by atoms with E-state index in [1.165, 1.54) is 18.2 Å². The van der Waals surface area contributed by atoms with Crippen LogP contribution in [0, 0.1) is 0 Å². The van der Waals surface area contributed by atoms with E-state index in [1.807, 2.05) is 27.7 Å². The van der Waals surface area contributed by atoms with Gasteiger partial charge in [0, 0.05) is 16.1 Å². The van der Waals surface area contributed by atoms with E-state index in [0.29, 0.717) is 28.5 Å². The van der Waals surface area contributed by atoms with Crippen molar-refractivity contribution in [1.82, 2.24) is 10.4 Å². The maximum absolute atomic E-state index is 13.3. The quantitative estimate of drug-likeness (QED) is 0.725. The number of carbonyl (C=O) groups excluding carboxylic acids is 2. The van der Waals surface area contributed by atoms with Crippen LogP contribution in [-0.2, 0) is 6.42 Å². The van der Waals surface area contributed by atoms with Crippen LogP contribution in [0.3, 0.4) is 0 Å². The molecule has 0 aromatic heterocycles. The Morgan fingerprint density at radius 1 is 1.03 bits per heavy atom. The summed E-state index contributed by atoms with van der Waals surface area (Å²) in [4.78, 5) is 26.4. The largest absolute Gasteiger partial charge is 0.496 e. The van der Waals surface area contributed by atoms with E-state index in [1.54, 1.807) is 37.4 Å². The Morgan fingerprint density at radius 3 is 2.24 bits per heavy atom. The van der Waals surface area contributed by atoms with Gasteiger partial charge in [-0.3, -0.25) is 15.0 Å². The van der Waals surface area contributed by atoms with Gasteiger partial charge in [-0.15, -0.1) is 0 Å². The average Bonchev–Trinajstić information content (AvgIpc) is 2.69. The van der Waals surface area contributed by atoms with Gasteiger partial charge in [-0.1, -0.05) is 24.6 Å². The second kappa shape index (κ2) is 9.18. The fourth-order valence-corrected chi connectivity index (χ4v) is 3.16. The highest BCUT2D eigenvalue weighted by Crippen LogP contribution is 2.27. The lowest BCUT2D eigenvalue weighted by atomic mass is 10.0. The van der Waals surface area contributed by atoms with Gasteiger partial charge in [0.25, 0.3) is 11.8 Å². The number of carbonyl (C=O) groups is 2. The molecule has 0 saturated heterocycles. The van der Waals surface area contributed by atoms with Crippen LogP contribution in [0.15, 0.2) is 36.4 Å². The van der Waals surface area contributed by atoms with Crippen LogP contribution in [-0.4, -0.2) is 36.6 Å². The minimum atomic E-state index is -0.703. The van der Waals surface area contributed by atoms with Crippen LogP contribution < -0.4 is 14.9 Å². The summed E-state index contributed by atoms with van der Waals surface area (Å²) in [6.07, 6.45) is 0.609. The van der Waals surface area contributed by atoms with Gasteiger partial charge in [0.15, 0.2) is 0 Å². The second-order valence-corrected chi connectivity index (χ2v) is 7.87. The van der Waals surface area contributed by atoms with Gasteiger partial charge in [0.05, 0.1) is 25.3 Å². The Labute approximate surface area is 176 Å². The van der Waals surface area contributed by atoms with Crippen molar-refractivity contribution in [2.24, 2.45) is 0 Å². The van der Waals surface area contributed by atoms with Crippen LogP contribution >= 0.6 is 11.6 Å². The van der Waals surface area contributed by atoms with Crippen molar-refractivity contribution < 1.29 is 19.1 Å². The number of hydrazine groups is 1. The van der Waals surface area contributed by atoms with E-state index in [4.69, 9.17) is 21.1 Å². The molecule has 7 heteroatoms. The maximum atomic E-state index is 13.3. The number of rotatable bonds is 5. The molecule has 2 aromatic rings. The Balaban J connectivity index is 2.45. The van der Waals surface area contributed by atoms with E-state index in [9.17, 15) is 9.59 Å². The molecule has 0 aliphatic heterocycles. The normalized spacial score (nSPS) is 11.0. The Kier molecular flexibility index (Phi) is 7.14. The fraction of sp³-hybridized carbons (Fsp3) is 0.364. The first-order chi connectivity index (χ1) is 13.6. The Morgan fingerprint density at radius 2 is 1.69 bits per heavy atom. The molecule has 6 nitrogen and oxygen atoms in total. The lowest BCUT2D eigenvalue weighted by Crippen LogP contribution is -2.56. The fourth-order valence-electron chi connectivity index (χ4n) is 2.99. The molecule has 29 heavy (non-hydrogen) atoms. The topological polar surface area (TPSA) is 67.9 Å². The first kappa shape index (κ1) is 22.6. The highest BCUT2D eigenvalue weighted by Gasteiger charge is 2.32. The summed E-state index contributed by atoms with van der Waals surface area (Å²) >= 11 is 6.08. The molecular weight excluding hydrogens is 392 g/mol. The summed E-state index contributed by atoms with van der Waals surface area (Å²) < 4.78 is 10.7. The third-order valence-corrected chi connectivity index (χ3v) is 4.67. The molecule has 0 heterocycles. The lowest BCUT2D eigenvalue weighted by Gasteiger charge is -2.36. The van der Waals surface area contributed by atoms with Crippen molar-refractivity contribution in [3.8, 4) is 11.5 Å². The van der Waals surface area contributed by atoms with Gasteiger partial charge < -0.3 is 9.47 Å². The highest BCUT2D eigenvalue weighted by atomic mass is 35.5. The standard InChI is InChI=1S/C22H27ClN2O4/c1-7-15-16(9-8-10-18(15)28-5)20(26)24-25(22(2,3)4)21(27)17-13-14(23)11-12-19(17)29-6/h8-13H,7H2,1-6H3,(H,24,26). The number of hydrogen-bond acceptors (Lipinski definition) is 4. The summed E-state index contributed by atoms with van der Waals surface area (Å²) in [5.41, 5.74) is 3.54. The third kappa shape index (κ3) is 5.01. The second-order valence-electron chi connectivity index (χ2n) is 7.44. The summed E-state index contributed by atoms with van der Waals surface area (Å²) in [6, 6.07) is 10.0. The number of nitrogens with one attached hydrogen (secondary N) is 1. The number of amides is 2. The highest BCUT2D eigenvalue weighted by molar-refractivity contribution is 6.31. The molecular formula is C22H27ClN2O4. The zero-order valence-electron chi connectivity index (χ0n) is 17.6. The van der Waals surface area contributed by atoms with Crippen LogP contribution in [0.1, 0.15) is 54.0 Å². The zero-order chi connectivity index (χ0) is 21.8. The Hall–Kier alpha value is -2.73. The minimum absolute atomic E-state index is 0.261. The molecule has 2 amide bonds. The summed E-state index contributed by atoms with van der Waals surface area (Å²) in [5, 5.41) is 1.69.